The SMILES string of the molecule is CNC1COCC1C(=O)N(C)Cc1c(F)cccc1Cl. The smallest absolute Gasteiger partial charge is 0.229 e. The minimum Gasteiger partial charge on any atom is -0.379 e. The van der Waals surface area contributed by atoms with Crippen LogP contribution in [0, 0.1) is 11.7 Å². The third-order valence-electron chi connectivity index (χ3n) is 3.60. The molecule has 6 heteroatoms. The number of hydrogen-bond donors (Lipinski definition) is 1. The highest BCUT2D eigenvalue weighted by atomic mass is 35.5. The Morgan fingerprint density at radius 1 is 1.55 bits per heavy atom. The van der Waals surface area contributed by atoms with Crippen molar-refractivity contribution >= 4 is 17.5 Å². The fraction of sp³-hybridized carbons (Fsp3) is 0.500. The molecule has 1 amide bonds. The van der Waals surface area contributed by atoms with Gasteiger partial charge in [-0.15, -0.1) is 0 Å². The van der Waals surface area contributed by atoms with Crippen molar-refractivity contribution in [1.29, 1.82) is 0 Å². The zero-order chi connectivity index (χ0) is 14.7. The number of amides is 1. The molecule has 2 atom stereocenters. The molecule has 0 spiro atoms. The van der Waals surface area contributed by atoms with Crippen molar-refractivity contribution in [3.63, 3.8) is 0 Å². The Labute approximate surface area is 122 Å². The predicted molar refractivity (Wildman–Crippen MR) is 75.0 cm³/mol. The lowest BCUT2D eigenvalue weighted by Crippen LogP contribution is -2.43. The molecule has 2 unspecified atom stereocenters. The normalized spacial score (nSPS) is 22.0. The van der Waals surface area contributed by atoms with Crippen LogP contribution in [0.3, 0.4) is 0 Å². The van der Waals surface area contributed by atoms with Gasteiger partial charge in [0.15, 0.2) is 0 Å². The van der Waals surface area contributed by atoms with Crippen LogP contribution in [-0.4, -0.2) is 44.2 Å². The molecule has 4 nitrogen and oxygen atoms in total. The van der Waals surface area contributed by atoms with Gasteiger partial charge in [0.1, 0.15) is 5.82 Å². The van der Waals surface area contributed by atoms with Crippen molar-refractivity contribution < 1.29 is 13.9 Å². The Morgan fingerprint density at radius 2 is 2.30 bits per heavy atom. The minimum atomic E-state index is -0.398. The maximum absolute atomic E-state index is 13.7. The fourth-order valence-corrected chi connectivity index (χ4v) is 2.59. The van der Waals surface area contributed by atoms with E-state index < -0.39 is 5.82 Å². The van der Waals surface area contributed by atoms with Gasteiger partial charge in [-0.2, -0.15) is 0 Å². The third-order valence-corrected chi connectivity index (χ3v) is 3.96. The van der Waals surface area contributed by atoms with Crippen LogP contribution in [0.1, 0.15) is 5.56 Å². The van der Waals surface area contributed by atoms with E-state index in [1.54, 1.807) is 26.2 Å². The molecule has 1 aromatic rings. The van der Waals surface area contributed by atoms with Crippen LogP contribution in [0.25, 0.3) is 0 Å². The second-order valence-electron chi connectivity index (χ2n) is 4.93. The Kier molecular flexibility index (Phi) is 4.96. The first-order valence-corrected chi connectivity index (χ1v) is 6.85. The highest BCUT2D eigenvalue weighted by Crippen LogP contribution is 2.22. The number of halogens is 2. The molecule has 1 aliphatic heterocycles. The highest BCUT2D eigenvalue weighted by Gasteiger charge is 2.34. The van der Waals surface area contributed by atoms with Gasteiger partial charge in [-0.1, -0.05) is 17.7 Å². The van der Waals surface area contributed by atoms with Crippen molar-refractivity contribution in [2.75, 3.05) is 27.3 Å². The molecule has 1 N–H and O–H groups in total. The number of hydrogen-bond acceptors (Lipinski definition) is 3. The molecule has 0 aliphatic carbocycles. The average molecular weight is 301 g/mol. The van der Waals surface area contributed by atoms with E-state index in [-0.39, 0.29) is 24.4 Å². The molecule has 20 heavy (non-hydrogen) atoms. The molecular weight excluding hydrogens is 283 g/mol. The Bertz CT molecular complexity index is 478. The molecule has 0 aromatic heterocycles. The summed E-state index contributed by atoms with van der Waals surface area (Å²) in [7, 11) is 3.45. The first-order valence-electron chi connectivity index (χ1n) is 6.47. The quantitative estimate of drug-likeness (QED) is 0.920. The predicted octanol–water partition coefficient (Wildman–Crippen LogP) is 1.67. The topological polar surface area (TPSA) is 41.6 Å². The Morgan fingerprint density at radius 3 is 2.95 bits per heavy atom. The minimum absolute atomic E-state index is 0.000965. The molecule has 0 saturated carbocycles. The van der Waals surface area contributed by atoms with Crippen LogP contribution < -0.4 is 5.32 Å². The maximum Gasteiger partial charge on any atom is 0.229 e. The summed E-state index contributed by atoms with van der Waals surface area (Å²) >= 11 is 5.98. The van der Waals surface area contributed by atoms with Crippen LogP contribution >= 0.6 is 11.6 Å². The van der Waals surface area contributed by atoms with E-state index >= 15 is 0 Å². The van der Waals surface area contributed by atoms with Crippen molar-refractivity contribution in [2.45, 2.75) is 12.6 Å². The number of nitrogens with zero attached hydrogens (tertiary/aromatic N) is 1. The molecule has 1 aromatic carbocycles. The summed E-state index contributed by atoms with van der Waals surface area (Å²) in [4.78, 5) is 13.9. The van der Waals surface area contributed by atoms with E-state index in [2.05, 4.69) is 5.32 Å². The summed E-state index contributed by atoms with van der Waals surface area (Å²) in [5.41, 5.74) is 0.338. The summed E-state index contributed by atoms with van der Waals surface area (Å²) in [6.45, 7) is 1.05. The molecule has 1 aliphatic rings. The van der Waals surface area contributed by atoms with Gasteiger partial charge in [0.2, 0.25) is 5.91 Å². The Balaban J connectivity index is 2.08. The number of ether oxygens (including phenoxy) is 1. The highest BCUT2D eigenvalue weighted by molar-refractivity contribution is 6.31. The van der Waals surface area contributed by atoms with Crippen LogP contribution in [0.15, 0.2) is 18.2 Å². The number of benzene rings is 1. The van der Waals surface area contributed by atoms with Gasteiger partial charge < -0.3 is 15.0 Å². The van der Waals surface area contributed by atoms with E-state index in [0.29, 0.717) is 23.8 Å². The molecule has 110 valence electrons. The maximum atomic E-state index is 13.7. The molecule has 0 bridgehead atoms. The van der Waals surface area contributed by atoms with E-state index in [0.717, 1.165) is 0 Å². The van der Waals surface area contributed by atoms with E-state index in [9.17, 15) is 9.18 Å². The molecule has 0 radical (unpaired) electrons. The summed E-state index contributed by atoms with van der Waals surface area (Å²) in [6, 6.07) is 4.51. The zero-order valence-corrected chi connectivity index (χ0v) is 12.3. The largest absolute Gasteiger partial charge is 0.379 e. The van der Waals surface area contributed by atoms with Crippen molar-refractivity contribution in [2.24, 2.45) is 5.92 Å². The van der Waals surface area contributed by atoms with Gasteiger partial charge in [0, 0.05) is 30.2 Å². The molecule has 1 saturated heterocycles. The number of carbonyl (C=O) groups is 1. The lowest BCUT2D eigenvalue weighted by Gasteiger charge is -2.24. The summed E-state index contributed by atoms with van der Waals surface area (Å²) in [5.74, 6) is -0.707. The summed E-state index contributed by atoms with van der Waals surface area (Å²) in [6.07, 6.45) is 0. The van der Waals surface area contributed by atoms with Crippen molar-refractivity contribution in [3.8, 4) is 0 Å². The molecule has 1 heterocycles. The third kappa shape index (κ3) is 3.11. The van der Waals surface area contributed by atoms with Gasteiger partial charge in [-0.3, -0.25) is 4.79 Å². The average Bonchev–Trinajstić information content (AvgIpc) is 2.90. The second-order valence-corrected chi connectivity index (χ2v) is 5.34. The van der Waals surface area contributed by atoms with Gasteiger partial charge in [-0.05, 0) is 19.2 Å². The van der Waals surface area contributed by atoms with Crippen LogP contribution in [0.2, 0.25) is 5.02 Å². The van der Waals surface area contributed by atoms with Crippen molar-refractivity contribution in [3.05, 3.63) is 34.6 Å². The molecule has 1 fully saturated rings. The first-order chi connectivity index (χ1) is 9.54. The van der Waals surface area contributed by atoms with Crippen LogP contribution in [0.5, 0.6) is 0 Å². The van der Waals surface area contributed by atoms with E-state index in [1.165, 1.54) is 11.0 Å². The van der Waals surface area contributed by atoms with Gasteiger partial charge in [0.05, 0.1) is 19.1 Å². The monoisotopic (exact) mass is 300 g/mol. The summed E-state index contributed by atoms with van der Waals surface area (Å²) < 4.78 is 19.1. The number of nitrogens with one attached hydrogen (secondary N) is 1. The van der Waals surface area contributed by atoms with Crippen molar-refractivity contribution in [1.82, 2.24) is 10.2 Å². The summed E-state index contributed by atoms with van der Waals surface area (Å²) in [5, 5.41) is 3.39. The second kappa shape index (κ2) is 6.52. The van der Waals surface area contributed by atoms with Crippen LogP contribution in [-0.2, 0) is 16.1 Å². The first kappa shape index (κ1) is 15.2. The lowest BCUT2D eigenvalue weighted by molar-refractivity contribution is -0.135. The zero-order valence-electron chi connectivity index (χ0n) is 11.5. The molecule has 2 rings (SSSR count). The van der Waals surface area contributed by atoms with Gasteiger partial charge in [-0.25, -0.2) is 4.39 Å². The van der Waals surface area contributed by atoms with E-state index in [4.69, 9.17) is 16.3 Å². The number of rotatable bonds is 4. The van der Waals surface area contributed by atoms with E-state index in [1.807, 2.05) is 0 Å². The number of carbonyl (C=O) groups excluding carboxylic acids is 1. The van der Waals surface area contributed by atoms with Gasteiger partial charge in [0.25, 0.3) is 0 Å². The lowest BCUT2D eigenvalue weighted by atomic mass is 10.0. The Hall–Kier alpha value is -1.17. The van der Waals surface area contributed by atoms with Gasteiger partial charge >= 0.3 is 0 Å². The number of likely N-dealkylation sites (N-methyl/N-ethyl adjacent to an activating group) is 1. The molecular formula is C14H18ClFN2O2. The standard InChI is InChI=1S/C14H18ClFN2O2/c1-17-13-8-20-7-10(13)14(19)18(2)6-9-11(15)4-3-5-12(9)16/h3-5,10,13,17H,6-8H2,1-2H3. The fourth-order valence-electron chi connectivity index (χ4n) is 2.36. The van der Waals surface area contributed by atoms with Crippen LogP contribution in [0.4, 0.5) is 4.39 Å².